The standard InChI is InChI=1S/C40H50N4/c1-29(2)37-39-33(23-25-41-37)31-19-13-15-21-35(31)43(39)27-17-11-9-7-5-6-8-10-12-18-28-44-36-22-16-14-20-32(36)34-24-26-42-38(30(3)4)40(34)44/h13-16,19-26,29-30H,5-12,17-18,27-28H2,1-4H3. The first-order valence-electron chi connectivity index (χ1n) is 17.3. The Balaban J connectivity index is 0.930. The van der Waals surface area contributed by atoms with Crippen molar-refractivity contribution in [3.63, 3.8) is 0 Å². The molecule has 0 saturated carbocycles. The molecule has 4 heterocycles. The van der Waals surface area contributed by atoms with E-state index >= 15 is 0 Å². The third-order valence-corrected chi connectivity index (χ3v) is 9.52. The number of pyridine rings is 2. The third kappa shape index (κ3) is 6.14. The molecular formula is C40H50N4. The highest BCUT2D eigenvalue weighted by Crippen LogP contribution is 2.34. The van der Waals surface area contributed by atoms with Crippen LogP contribution in [0.1, 0.15) is 115 Å². The molecule has 0 spiro atoms. The summed E-state index contributed by atoms with van der Waals surface area (Å²) in [4.78, 5) is 9.58. The van der Waals surface area contributed by atoms with Crippen LogP contribution in [0.25, 0.3) is 43.6 Å². The van der Waals surface area contributed by atoms with Crippen molar-refractivity contribution < 1.29 is 0 Å². The molecule has 6 rings (SSSR count). The molecule has 0 bridgehead atoms. The highest BCUT2D eigenvalue weighted by atomic mass is 15.0. The fourth-order valence-corrected chi connectivity index (χ4v) is 7.32. The number of hydrogen-bond acceptors (Lipinski definition) is 2. The summed E-state index contributed by atoms with van der Waals surface area (Å²) >= 11 is 0. The van der Waals surface area contributed by atoms with E-state index in [1.807, 2.05) is 12.4 Å². The van der Waals surface area contributed by atoms with Crippen LogP contribution in [-0.2, 0) is 13.1 Å². The Labute approximate surface area is 263 Å². The minimum absolute atomic E-state index is 0.422. The zero-order valence-electron chi connectivity index (χ0n) is 27.4. The maximum atomic E-state index is 4.79. The molecule has 2 aromatic carbocycles. The van der Waals surface area contributed by atoms with Gasteiger partial charge in [0.15, 0.2) is 0 Å². The van der Waals surface area contributed by atoms with Gasteiger partial charge in [0, 0.05) is 58.1 Å². The summed E-state index contributed by atoms with van der Waals surface area (Å²) in [6.07, 6.45) is 17.2. The first kappa shape index (κ1) is 30.4. The van der Waals surface area contributed by atoms with Gasteiger partial charge >= 0.3 is 0 Å². The Morgan fingerprint density at radius 1 is 0.455 bits per heavy atom. The summed E-state index contributed by atoms with van der Waals surface area (Å²) in [5.41, 5.74) is 7.86. The maximum Gasteiger partial charge on any atom is 0.0713 e. The van der Waals surface area contributed by atoms with Gasteiger partial charge in [0.1, 0.15) is 0 Å². The van der Waals surface area contributed by atoms with Crippen LogP contribution < -0.4 is 0 Å². The van der Waals surface area contributed by atoms with Gasteiger partial charge in [-0.15, -0.1) is 0 Å². The average Bonchev–Trinajstić information content (AvgIpc) is 3.54. The molecule has 4 heteroatoms. The fraction of sp³-hybridized carbons (Fsp3) is 0.450. The van der Waals surface area contributed by atoms with Crippen LogP contribution >= 0.6 is 0 Å². The molecule has 44 heavy (non-hydrogen) atoms. The highest BCUT2D eigenvalue weighted by molar-refractivity contribution is 6.09. The van der Waals surface area contributed by atoms with Crippen LogP contribution in [0, 0.1) is 0 Å². The van der Waals surface area contributed by atoms with E-state index < -0.39 is 0 Å². The second-order valence-corrected chi connectivity index (χ2v) is 13.4. The number of aryl methyl sites for hydroxylation is 2. The topological polar surface area (TPSA) is 35.6 Å². The van der Waals surface area contributed by atoms with E-state index in [1.165, 1.54) is 119 Å². The molecule has 230 valence electrons. The lowest BCUT2D eigenvalue weighted by molar-refractivity contribution is 0.529. The molecule has 0 N–H and O–H groups in total. The van der Waals surface area contributed by atoms with Crippen molar-refractivity contribution in [1.82, 2.24) is 19.1 Å². The molecule has 0 aliphatic rings. The molecule has 0 aliphatic heterocycles. The Bertz CT molecular complexity index is 1700. The van der Waals surface area contributed by atoms with E-state index in [9.17, 15) is 0 Å². The van der Waals surface area contributed by atoms with E-state index in [-0.39, 0.29) is 0 Å². The lowest BCUT2D eigenvalue weighted by Crippen LogP contribution is -2.03. The van der Waals surface area contributed by atoms with Crippen molar-refractivity contribution in [3.05, 3.63) is 84.4 Å². The number of fused-ring (bicyclic) bond motifs is 6. The molecule has 6 aromatic rings. The van der Waals surface area contributed by atoms with Gasteiger partial charge in [-0.2, -0.15) is 0 Å². The van der Waals surface area contributed by atoms with Gasteiger partial charge < -0.3 is 9.13 Å². The van der Waals surface area contributed by atoms with Crippen LogP contribution in [0.3, 0.4) is 0 Å². The van der Waals surface area contributed by atoms with Gasteiger partial charge in [0.25, 0.3) is 0 Å². The van der Waals surface area contributed by atoms with E-state index in [0.29, 0.717) is 11.8 Å². The largest absolute Gasteiger partial charge is 0.339 e. The Kier molecular flexibility index (Phi) is 9.64. The molecule has 4 aromatic heterocycles. The van der Waals surface area contributed by atoms with Crippen LogP contribution in [-0.4, -0.2) is 19.1 Å². The number of benzene rings is 2. The number of aromatic nitrogens is 4. The van der Waals surface area contributed by atoms with Gasteiger partial charge in [-0.25, -0.2) is 0 Å². The molecule has 0 atom stereocenters. The quantitative estimate of drug-likeness (QED) is 0.112. The summed E-state index contributed by atoms with van der Waals surface area (Å²) in [7, 11) is 0. The predicted octanol–water partition coefficient (Wildman–Crippen LogP) is 11.5. The monoisotopic (exact) mass is 586 g/mol. The Morgan fingerprint density at radius 3 is 1.20 bits per heavy atom. The van der Waals surface area contributed by atoms with E-state index in [1.54, 1.807) is 0 Å². The first-order chi connectivity index (χ1) is 21.6. The van der Waals surface area contributed by atoms with Crippen molar-refractivity contribution >= 4 is 43.6 Å². The summed E-state index contributed by atoms with van der Waals surface area (Å²) in [5.74, 6) is 0.843. The molecule has 0 unspecified atom stereocenters. The van der Waals surface area contributed by atoms with Gasteiger partial charge in [0.2, 0.25) is 0 Å². The van der Waals surface area contributed by atoms with Crippen molar-refractivity contribution in [2.45, 2.75) is 117 Å². The molecule has 0 radical (unpaired) electrons. The van der Waals surface area contributed by atoms with Crippen LogP contribution in [0.4, 0.5) is 0 Å². The number of rotatable bonds is 15. The van der Waals surface area contributed by atoms with Crippen LogP contribution in [0.2, 0.25) is 0 Å². The van der Waals surface area contributed by atoms with Crippen LogP contribution in [0.5, 0.6) is 0 Å². The summed E-state index contributed by atoms with van der Waals surface area (Å²) in [6, 6.07) is 22.2. The molecule has 0 amide bonds. The lowest BCUT2D eigenvalue weighted by Gasteiger charge is -2.12. The summed E-state index contributed by atoms with van der Waals surface area (Å²) < 4.78 is 5.10. The maximum absolute atomic E-state index is 4.79. The van der Waals surface area contributed by atoms with Crippen molar-refractivity contribution in [2.75, 3.05) is 0 Å². The minimum atomic E-state index is 0.422. The second-order valence-electron chi connectivity index (χ2n) is 13.4. The molecule has 0 fully saturated rings. The van der Waals surface area contributed by atoms with Gasteiger partial charge in [-0.05, 0) is 48.9 Å². The lowest BCUT2D eigenvalue weighted by atomic mass is 10.1. The number of para-hydroxylation sites is 2. The molecule has 0 aliphatic carbocycles. The molecule has 4 nitrogen and oxygen atoms in total. The minimum Gasteiger partial charge on any atom is -0.339 e. The van der Waals surface area contributed by atoms with Crippen molar-refractivity contribution in [1.29, 1.82) is 0 Å². The predicted molar refractivity (Wildman–Crippen MR) is 189 cm³/mol. The Morgan fingerprint density at radius 2 is 0.818 bits per heavy atom. The fourth-order valence-electron chi connectivity index (χ4n) is 7.32. The number of unbranched alkanes of at least 4 members (excludes halogenated alkanes) is 9. The van der Waals surface area contributed by atoms with E-state index in [0.717, 1.165) is 13.1 Å². The number of nitrogens with zero attached hydrogens (tertiary/aromatic N) is 4. The zero-order chi connectivity index (χ0) is 30.5. The average molecular weight is 587 g/mol. The second kappa shape index (κ2) is 14.0. The number of hydrogen-bond donors (Lipinski definition) is 0. The zero-order valence-corrected chi connectivity index (χ0v) is 27.4. The van der Waals surface area contributed by atoms with Gasteiger partial charge in [-0.3, -0.25) is 9.97 Å². The molecule has 0 saturated heterocycles. The Hall–Kier alpha value is -3.66. The summed E-state index contributed by atoms with van der Waals surface area (Å²) in [5, 5.41) is 5.43. The van der Waals surface area contributed by atoms with Crippen molar-refractivity contribution in [2.24, 2.45) is 0 Å². The third-order valence-electron chi connectivity index (χ3n) is 9.52. The van der Waals surface area contributed by atoms with Gasteiger partial charge in [-0.1, -0.05) is 115 Å². The van der Waals surface area contributed by atoms with E-state index in [2.05, 4.69) is 97.5 Å². The smallest absolute Gasteiger partial charge is 0.0713 e. The normalized spacial score (nSPS) is 12.2. The van der Waals surface area contributed by atoms with Crippen molar-refractivity contribution in [3.8, 4) is 0 Å². The highest BCUT2D eigenvalue weighted by Gasteiger charge is 2.17. The molecular weight excluding hydrogens is 536 g/mol. The van der Waals surface area contributed by atoms with Crippen LogP contribution in [0.15, 0.2) is 73.1 Å². The van der Waals surface area contributed by atoms with Gasteiger partial charge in [0.05, 0.1) is 22.4 Å². The summed E-state index contributed by atoms with van der Waals surface area (Å²) in [6.45, 7) is 11.2. The first-order valence-corrected chi connectivity index (χ1v) is 17.3. The SMILES string of the molecule is CC(C)c1nccc2c3ccccc3n(CCCCCCCCCCCCn3c4ccccc4c4ccnc(C(C)C)c43)c12. The van der Waals surface area contributed by atoms with E-state index in [4.69, 9.17) is 9.97 Å².